The van der Waals surface area contributed by atoms with Crippen LogP contribution in [0.3, 0.4) is 0 Å². The van der Waals surface area contributed by atoms with E-state index in [-0.39, 0.29) is 17.5 Å². The summed E-state index contributed by atoms with van der Waals surface area (Å²) in [4.78, 5) is 16.1. The summed E-state index contributed by atoms with van der Waals surface area (Å²) in [5.41, 5.74) is 0.0262. The molecule has 1 unspecified atom stereocenters. The number of nitrogens with one attached hydrogen (secondary N) is 1. The number of likely N-dealkylation sites (N-methyl/N-ethyl adjacent to an activating group) is 1. The number of hydrogen-bond donors (Lipinski definition) is 1. The average Bonchev–Trinajstić information content (AvgIpc) is 2.50. The molecular formula is C12H25N3O. The van der Waals surface area contributed by atoms with Crippen LogP contribution in [0.2, 0.25) is 0 Å². The van der Waals surface area contributed by atoms with Gasteiger partial charge in [0.25, 0.3) is 0 Å². The van der Waals surface area contributed by atoms with E-state index in [0.717, 1.165) is 19.4 Å². The Hall–Kier alpha value is -0.610. The van der Waals surface area contributed by atoms with E-state index in [1.165, 1.54) is 0 Å². The summed E-state index contributed by atoms with van der Waals surface area (Å²) in [7, 11) is 4.11. The molecule has 0 aromatic carbocycles. The van der Waals surface area contributed by atoms with Crippen LogP contribution in [0.4, 0.5) is 0 Å². The second kappa shape index (κ2) is 5.15. The van der Waals surface area contributed by atoms with Crippen LogP contribution in [0.1, 0.15) is 33.6 Å². The van der Waals surface area contributed by atoms with Crippen molar-refractivity contribution in [2.45, 2.75) is 45.2 Å². The van der Waals surface area contributed by atoms with Gasteiger partial charge >= 0.3 is 0 Å². The fraction of sp³-hybridized carbons (Fsp3) is 0.917. The van der Waals surface area contributed by atoms with Gasteiger partial charge in [0.1, 0.15) is 0 Å². The van der Waals surface area contributed by atoms with E-state index in [4.69, 9.17) is 0 Å². The first-order valence-electron chi connectivity index (χ1n) is 6.08. The van der Waals surface area contributed by atoms with Crippen LogP contribution in [-0.2, 0) is 4.79 Å². The maximum Gasteiger partial charge on any atom is 0.240 e. The Morgan fingerprint density at radius 1 is 1.50 bits per heavy atom. The summed E-state index contributed by atoms with van der Waals surface area (Å²) in [6.45, 7) is 7.91. The van der Waals surface area contributed by atoms with E-state index in [0.29, 0.717) is 6.67 Å². The number of carbonyl (C=O) groups is 1. The second-order valence-corrected chi connectivity index (χ2v) is 5.45. The van der Waals surface area contributed by atoms with E-state index in [9.17, 15) is 4.79 Å². The van der Waals surface area contributed by atoms with Crippen LogP contribution in [-0.4, -0.2) is 54.6 Å². The van der Waals surface area contributed by atoms with E-state index in [1.54, 1.807) is 0 Å². The highest BCUT2D eigenvalue weighted by atomic mass is 16.2. The molecule has 0 aromatic rings. The van der Waals surface area contributed by atoms with Crippen LogP contribution in [0.25, 0.3) is 0 Å². The van der Waals surface area contributed by atoms with Crippen molar-refractivity contribution in [1.29, 1.82) is 0 Å². The topological polar surface area (TPSA) is 35.6 Å². The molecule has 0 aromatic heterocycles. The monoisotopic (exact) mass is 227 g/mol. The quantitative estimate of drug-likeness (QED) is 0.757. The van der Waals surface area contributed by atoms with Crippen molar-refractivity contribution in [3.63, 3.8) is 0 Å². The smallest absolute Gasteiger partial charge is 0.240 e. The summed E-state index contributed by atoms with van der Waals surface area (Å²) in [5.74, 6) is 0.261. The van der Waals surface area contributed by atoms with Gasteiger partial charge < -0.3 is 9.80 Å². The third kappa shape index (κ3) is 2.95. The molecule has 1 saturated heterocycles. The van der Waals surface area contributed by atoms with Crippen molar-refractivity contribution in [1.82, 2.24) is 15.1 Å². The van der Waals surface area contributed by atoms with Gasteiger partial charge in [-0.15, -0.1) is 0 Å². The molecule has 0 saturated carbocycles. The Kier molecular flexibility index (Phi) is 4.33. The molecule has 0 bridgehead atoms. The SMILES string of the molecule is CCCC1NCN(CC(C)(C)N(C)C)C1=O. The lowest BCUT2D eigenvalue weighted by Gasteiger charge is -2.36. The summed E-state index contributed by atoms with van der Waals surface area (Å²) < 4.78 is 0. The highest BCUT2D eigenvalue weighted by Crippen LogP contribution is 2.16. The van der Waals surface area contributed by atoms with Gasteiger partial charge in [0.2, 0.25) is 5.91 Å². The lowest BCUT2D eigenvalue weighted by Crippen LogP contribution is -2.49. The Morgan fingerprint density at radius 3 is 2.62 bits per heavy atom. The molecule has 4 nitrogen and oxygen atoms in total. The van der Waals surface area contributed by atoms with Gasteiger partial charge in [-0.3, -0.25) is 10.1 Å². The minimum Gasteiger partial charge on any atom is -0.327 e. The predicted octanol–water partition coefficient (Wildman–Crippen LogP) is 0.885. The molecule has 0 aliphatic carbocycles. The minimum absolute atomic E-state index is 0.0262. The van der Waals surface area contributed by atoms with Crippen molar-refractivity contribution in [2.75, 3.05) is 27.3 Å². The van der Waals surface area contributed by atoms with Crippen molar-refractivity contribution in [3.05, 3.63) is 0 Å². The average molecular weight is 227 g/mol. The third-order valence-electron chi connectivity index (χ3n) is 3.50. The maximum atomic E-state index is 12.0. The zero-order valence-electron chi connectivity index (χ0n) is 11.2. The van der Waals surface area contributed by atoms with Crippen molar-refractivity contribution >= 4 is 5.91 Å². The molecule has 1 aliphatic heterocycles. The van der Waals surface area contributed by atoms with Crippen molar-refractivity contribution in [3.8, 4) is 0 Å². The third-order valence-corrected chi connectivity index (χ3v) is 3.50. The molecule has 94 valence electrons. The normalized spacial score (nSPS) is 22.2. The summed E-state index contributed by atoms with van der Waals surface area (Å²) >= 11 is 0. The standard InChI is InChI=1S/C12H25N3O/c1-6-7-10-11(16)15(9-13-10)8-12(2,3)14(4)5/h10,13H,6-9H2,1-5H3. The van der Waals surface area contributed by atoms with Crippen LogP contribution < -0.4 is 5.32 Å². The summed E-state index contributed by atoms with van der Waals surface area (Å²) in [5, 5.41) is 3.28. The number of amides is 1. The Bertz CT molecular complexity index is 251. The van der Waals surface area contributed by atoms with Crippen LogP contribution in [0.5, 0.6) is 0 Å². The molecule has 0 spiro atoms. The Morgan fingerprint density at radius 2 is 2.12 bits per heavy atom. The highest BCUT2D eigenvalue weighted by molar-refractivity contribution is 5.83. The fourth-order valence-corrected chi connectivity index (χ4v) is 1.86. The first kappa shape index (κ1) is 13.5. The zero-order valence-corrected chi connectivity index (χ0v) is 11.2. The predicted molar refractivity (Wildman–Crippen MR) is 66.2 cm³/mol. The first-order chi connectivity index (χ1) is 7.38. The molecule has 1 fully saturated rings. The zero-order chi connectivity index (χ0) is 12.3. The van der Waals surface area contributed by atoms with Crippen LogP contribution >= 0.6 is 0 Å². The number of carbonyl (C=O) groups excluding carboxylic acids is 1. The molecule has 0 radical (unpaired) electrons. The molecule has 1 atom stereocenters. The molecule has 1 rings (SSSR count). The lowest BCUT2D eigenvalue weighted by molar-refractivity contribution is -0.130. The number of nitrogens with zero attached hydrogens (tertiary/aromatic N) is 2. The molecule has 1 amide bonds. The van der Waals surface area contributed by atoms with Gasteiger partial charge in [0, 0.05) is 12.1 Å². The van der Waals surface area contributed by atoms with Gasteiger partial charge in [-0.25, -0.2) is 0 Å². The molecule has 4 heteroatoms. The summed E-state index contributed by atoms with van der Waals surface area (Å²) in [6.07, 6.45) is 1.99. The van der Waals surface area contributed by atoms with E-state index in [1.807, 2.05) is 4.90 Å². The van der Waals surface area contributed by atoms with Crippen LogP contribution in [0, 0.1) is 0 Å². The van der Waals surface area contributed by atoms with Gasteiger partial charge in [0.05, 0.1) is 12.7 Å². The van der Waals surface area contributed by atoms with Crippen LogP contribution in [0.15, 0.2) is 0 Å². The van der Waals surface area contributed by atoms with Gasteiger partial charge in [-0.1, -0.05) is 13.3 Å². The first-order valence-corrected chi connectivity index (χ1v) is 6.08. The Labute approximate surface area is 99.0 Å². The molecule has 1 aliphatic rings. The second-order valence-electron chi connectivity index (χ2n) is 5.45. The van der Waals surface area contributed by atoms with Gasteiger partial charge in [0.15, 0.2) is 0 Å². The Balaban J connectivity index is 2.55. The van der Waals surface area contributed by atoms with Crippen molar-refractivity contribution < 1.29 is 4.79 Å². The van der Waals surface area contributed by atoms with E-state index >= 15 is 0 Å². The van der Waals surface area contributed by atoms with E-state index in [2.05, 4.69) is 45.1 Å². The van der Waals surface area contributed by atoms with Crippen molar-refractivity contribution in [2.24, 2.45) is 0 Å². The summed E-state index contributed by atoms with van der Waals surface area (Å²) in [6, 6.07) is 0.0444. The molecular weight excluding hydrogens is 202 g/mol. The van der Waals surface area contributed by atoms with Gasteiger partial charge in [-0.2, -0.15) is 0 Å². The molecule has 1 N–H and O–H groups in total. The largest absolute Gasteiger partial charge is 0.327 e. The number of rotatable bonds is 5. The van der Waals surface area contributed by atoms with Gasteiger partial charge in [-0.05, 0) is 34.4 Å². The molecule has 1 heterocycles. The van der Waals surface area contributed by atoms with E-state index < -0.39 is 0 Å². The fourth-order valence-electron chi connectivity index (χ4n) is 1.86. The number of hydrogen-bond acceptors (Lipinski definition) is 3. The minimum atomic E-state index is 0.0262. The molecule has 16 heavy (non-hydrogen) atoms. The maximum absolute atomic E-state index is 12.0. The highest BCUT2D eigenvalue weighted by Gasteiger charge is 2.34. The lowest BCUT2D eigenvalue weighted by atomic mass is 10.0.